The van der Waals surface area contributed by atoms with Crippen LogP contribution in [0.3, 0.4) is 0 Å². The summed E-state index contributed by atoms with van der Waals surface area (Å²) in [7, 11) is 0. The second kappa shape index (κ2) is 7.04. The van der Waals surface area contributed by atoms with E-state index in [9.17, 15) is 4.79 Å². The summed E-state index contributed by atoms with van der Waals surface area (Å²) < 4.78 is 5.72. The van der Waals surface area contributed by atoms with Crippen molar-refractivity contribution >= 4 is 11.7 Å². The van der Waals surface area contributed by atoms with Gasteiger partial charge in [-0.25, -0.2) is 9.97 Å². The summed E-state index contributed by atoms with van der Waals surface area (Å²) in [6, 6.07) is 0. The predicted molar refractivity (Wildman–Crippen MR) is 71.6 cm³/mol. The number of hydrogen-bond acceptors (Lipinski definition) is 5. The number of carbonyl (C=O) groups is 1. The van der Waals surface area contributed by atoms with Gasteiger partial charge in [0.2, 0.25) is 0 Å². The maximum absolute atomic E-state index is 11.7. The van der Waals surface area contributed by atoms with Crippen LogP contribution in [-0.4, -0.2) is 35.1 Å². The Kier molecular flexibility index (Phi) is 5.09. The first-order valence-electron chi connectivity index (χ1n) is 6.73. The molecule has 2 rings (SSSR count). The Morgan fingerprint density at radius 3 is 2.79 bits per heavy atom. The molecule has 1 fully saturated rings. The second-order valence-electron chi connectivity index (χ2n) is 4.71. The lowest BCUT2D eigenvalue weighted by molar-refractivity contribution is 0.0299. The molecule has 3 N–H and O–H groups in total. The van der Waals surface area contributed by atoms with Gasteiger partial charge in [0, 0.05) is 6.54 Å². The Labute approximate surface area is 112 Å². The normalized spacial score (nSPS) is 16.2. The van der Waals surface area contributed by atoms with Crippen LogP contribution >= 0.6 is 0 Å². The van der Waals surface area contributed by atoms with E-state index in [0.29, 0.717) is 25.1 Å². The van der Waals surface area contributed by atoms with Crippen molar-refractivity contribution in [3.8, 4) is 0 Å². The van der Waals surface area contributed by atoms with E-state index in [-0.39, 0.29) is 11.6 Å². The van der Waals surface area contributed by atoms with Crippen LogP contribution in [0.4, 0.5) is 5.82 Å². The Balaban J connectivity index is 1.64. The van der Waals surface area contributed by atoms with Gasteiger partial charge in [-0.2, -0.15) is 0 Å². The van der Waals surface area contributed by atoms with Gasteiger partial charge in [0.25, 0.3) is 5.91 Å². The van der Waals surface area contributed by atoms with E-state index in [2.05, 4.69) is 15.3 Å². The molecule has 1 heterocycles. The lowest BCUT2D eigenvalue weighted by atomic mass is 9.98. The highest BCUT2D eigenvalue weighted by atomic mass is 16.5. The van der Waals surface area contributed by atoms with Crippen molar-refractivity contribution in [2.45, 2.75) is 38.2 Å². The zero-order valence-electron chi connectivity index (χ0n) is 11.0. The molecule has 0 saturated heterocycles. The van der Waals surface area contributed by atoms with E-state index in [4.69, 9.17) is 10.5 Å². The fourth-order valence-corrected chi connectivity index (χ4v) is 2.17. The van der Waals surface area contributed by atoms with E-state index < -0.39 is 0 Å². The minimum absolute atomic E-state index is 0.250. The van der Waals surface area contributed by atoms with Crippen molar-refractivity contribution in [3.63, 3.8) is 0 Å². The Morgan fingerprint density at radius 2 is 2.11 bits per heavy atom. The molecule has 0 bridgehead atoms. The Morgan fingerprint density at radius 1 is 1.32 bits per heavy atom. The van der Waals surface area contributed by atoms with Crippen molar-refractivity contribution in [2.75, 3.05) is 18.9 Å². The topological polar surface area (TPSA) is 90.1 Å². The van der Waals surface area contributed by atoms with Crippen LogP contribution in [0.1, 0.15) is 42.6 Å². The Bertz CT molecular complexity index is 402. The van der Waals surface area contributed by atoms with Crippen LogP contribution in [0, 0.1) is 0 Å². The van der Waals surface area contributed by atoms with Gasteiger partial charge in [0.15, 0.2) is 0 Å². The zero-order chi connectivity index (χ0) is 13.5. The molecule has 0 aromatic carbocycles. The summed E-state index contributed by atoms with van der Waals surface area (Å²) in [6.45, 7) is 1.03. The quantitative estimate of drug-likeness (QED) is 0.778. The molecule has 1 aromatic heterocycles. The lowest BCUT2D eigenvalue weighted by Crippen LogP contribution is -2.30. The molecule has 0 aliphatic heterocycles. The third-order valence-electron chi connectivity index (χ3n) is 3.20. The monoisotopic (exact) mass is 264 g/mol. The van der Waals surface area contributed by atoms with Crippen molar-refractivity contribution in [2.24, 2.45) is 0 Å². The fourth-order valence-electron chi connectivity index (χ4n) is 2.17. The number of nitrogens with two attached hydrogens (primary N) is 1. The summed E-state index contributed by atoms with van der Waals surface area (Å²) in [5, 5.41) is 2.75. The van der Waals surface area contributed by atoms with Gasteiger partial charge in [0.05, 0.1) is 25.1 Å². The molecular weight excluding hydrogens is 244 g/mol. The van der Waals surface area contributed by atoms with Crippen LogP contribution in [0.2, 0.25) is 0 Å². The number of carbonyl (C=O) groups excluding carboxylic acids is 1. The zero-order valence-corrected chi connectivity index (χ0v) is 11.0. The van der Waals surface area contributed by atoms with Gasteiger partial charge in [-0.1, -0.05) is 19.3 Å². The highest BCUT2D eigenvalue weighted by Crippen LogP contribution is 2.19. The first kappa shape index (κ1) is 13.7. The van der Waals surface area contributed by atoms with Crippen molar-refractivity contribution in [1.82, 2.24) is 15.3 Å². The maximum atomic E-state index is 11.7. The second-order valence-corrected chi connectivity index (χ2v) is 4.71. The first-order valence-corrected chi connectivity index (χ1v) is 6.73. The number of anilines is 1. The van der Waals surface area contributed by atoms with Gasteiger partial charge in [0.1, 0.15) is 11.5 Å². The summed E-state index contributed by atoms with van der Waals surface area (Å²) in [5.41, 5.74) is 5.68. The predicted octanol–water partition coefficient (Wildman–Crippen LogP) is 1.14. The number of hydrogen-bond donors (Lipinski definition) is 2. The first-order chi connectivity index (χ1) is 9.25. The van der Waals surface area contributed by atoms with Crippen LogP contribution in [0.15, 0.2) is 12.4 Å². The van der Waals surface area contributed by atoms with Crippen LogP contribution < -0.4 is 11.1 Å². The van der Waals surface area contributed by atoms with E-state index in [0.717, 1.165) is 12.8 Å². The molecular formula is C13H20N4O2. The third kappa shape index (κ3) is 4.48. The average Bonchev–Trinajstić information content (AvgIpc) is 2.45. The molecule has 0 atom stereocenters. The standard InChI is InChI=1S/C13H20N4O2/c14-12-9-16-11(8-17-12)13(18)15-6-7-19-10-4-2-1-3-5-10/h8-10H,1-7H2,(H2,14,17)(H,15,18). The van der Waals surface area contributed by atoms with Gasteiger partial charge < -0.3 is 15.8 Å². The highest BCUT2D eigenvalue weighted by molar-refractivity contribution is 5.91. The summed E-state index contributed by atoms with van der Waals surface area (Å²) >= 11 is 0. The van der Waals surface area contributed by atoms with Crippen molar-refractivity contribution in [3.05, 3.63) is 18.1 Å². The summed E-state index contributed by atoms with van der Waals surface area (Å²) in [5.74, 6) is 0.0527. The van der Waals surface area contributed by atoms with Crippen LogP contribution in [-0.2, 0) is 4.74 Å². The largest absolute Gasteiger partial charge is 0.382 e. The Hall–Kier alpha value is -1.69. The molecule has 1 saturated carbocycles. The number of aromatic nitrogens is 2. The van der Waals surface area contributed by atoms with Crippen molar-refractivity contribution in [1.29, 1.82) is 0 Å². The van der Waals surface area contributed by atoms with E-state index >= 15 is 0 Å². The van der Waals surface area contributed by atoms with E-state index in [1.54, 1.807) is 0 Å². The molecule has 0 unspecified atom stereocenters. The van der Waals surface area contributed by atoms with Gasteiger partial charge in [-0.15, -0.1) is 0 Å². The van der Waals surface area contributed by atoms with Crippen LogP contribution in [0.5, 0.6) is 0 Å². The van der Waals surface area contributed by atoms with Crippen LogP contribution in [0.25, 0.3) is 0 Å². The minimum Gasteiger partial charge on any atom is -0.382 e. The number of ether oxygens (including phenoxy) is 1. The van der Waals surface area contributed by atoms with E-state index in [1.807, 2.05) is 0 Å². The molecule has 0 spiro atoms. The van der Waals surface area contributed by atoms with Gasteiger partial charge in [-0.3, -0.25) is 4.79 Å². The number of nitrogen functional groups attached to an aromatic ring is 1. The van der Waals surface area contributed by atoms with Crippen molar-refractivity contribution < 1.29 is 9.53 Å². The summed E-state index contributed by atoms with van der Waals surface area (Å²) in [4.78, 5) is 19.4. The van der Waals surface area contributed by atoms with Gasteiger partial charge in [-0.05, 0) is 12.8 Å². The minimum atomic E-state index is -0.250. The molecule has 1 amide bonds. The molecule has 6 heteroatoms. The molecule has 1 aliphatic rings. The molecule has 1 aliphatic carbocycles. The third-order valence-corrected chi connectivity index (χ3v) is 3.20. The maximum Gasteiger partial charge on any atom is 0.271 e. The number of amides is 1. The van der Waals surface area contributed by atoms with E-state index in [1.165, 1.54) is 31.7 Å². The fraction of sp³-hybridized carbons (Fsp3) is 0.615. The number of nitrogens with zero attached hydrogens (tertiary/aromatic N) is 2. The highest BCUT2D eigenvalue weighted by Gasteiger charge is 2.13. The molecule has 1 aromatic rings. The number of nitrogens with one attached hydrogen (secondary N) is 1. The smallest absolute Gasteiger partial charge is 0.271 e. The SMILES string of the molecule is Nc1cnc(C(=O)NCCOC2CCCCC2)cn1. The molecule has 19 heavy (non-hydrogen) atoms. The molecule has 6 nitrogen and oxygen atoms in total. The number of rotatable bonds is 5. The van der Waals surface area contributed by atoms with Gasteiger partial charge >= 0.3 is 0 Å². The molecule has 104 valence electrons. The molecule has 0 radical (unpaired) electrons. The summed E-state index contributed by atoms with van der Waals surface area (Å²) in [6.07, 6.45) is 9.18. The average molecular weight is 264 g/mol. The lowest BCUT2D eigenvalue weighted by Gasteiger charge is -2.21.